The number of hydrogen-bond donors (Lipinski definition) is 6. The zero-order valence-corrected chi connectivity index (χ0v) is 25.0. The molecule has 2 aliphatic heterocycles. The molecule has 10 atom stereocenters. The van der Waals surface area contributed by atoms with Crippen LogP contribution >= 0.6 is 0 Å². The van der Waals surface area contributed by atoms with E-state index in [0.29, 0.717) is 11.1 Å². The molecule has 6 rings (SSSR count). The van der Waals surface area contributed by atoms with Crippen molar-refractivity contribution in [3.05, 3.63) is 72.6 Å². The zero-order valence-electron chi connectivity index (χ0n) is 23.3. The molecule has 0 bridgehead atoms. The maximum atomic E-state index is 13.8. The third-order valence-corrected chi connectivity index (χ3v) is 10.6. The number of aliphatic hydroxyl groups excluding tert-OH is 6. The van der Waals surface area contributed by atoms with Gasteiger partial charge in [0, 0.05) is 0 Å². The molecule has 14 nitrogen and oxygen atoms in total. The van der Waals surface area contributed by atoms with Crippen molar-refractivity contribution in [3.63, 3.8) is 0 Å². The Morgan fingerprint density at radius 3 is 1.47 bits per heavy atom. The summed E-state index contributed by atoms with van der Waals surface area (Å²) in [5.41, 5.74) is 1.40. The van der Waals surface area contributed by atoms with E-state index in [2.05, 4.69) is 20.6 Å². The Kier molecular flexibility index (Phi) is 9.35. The number of halogens is 2. The maximum absolute atomic E-state index is 13.8. The van der Waals surface area contributed by atoms with E-state index in [0.717, 1.165) is 0 Å². The SMILES string of the molecule is OCC1OC([Se]C2OC(CO)C(O)C(n3cc(-c4cccc(F)c4)nn3)C2O)C(O)C(n2cc(-c3cccc(F)c3)nn2)C1O. The Labute approximate surface area is 260 Å². The molecule has 6 N–H and O–H groups in total. The first-order valence-electron chi connectivity index (χ1n) is 13.9. The van der Waals surface area contributed by atoms with Gasteiger partial charge in [-0.25, -0.2) is 0 Å². The van der Waals surface area contributed by atoms with Crippen molar-refractivity contribution >= 4 is 15.0 Å². The van der Waals surface area contributed by atoms with Crippen molar-refractivity contribution in [2.75, 3.05) is 13.2 Å². The van der Waals surface area contributed by atoms with Crippen LogP contribution in [0.5, 0.6) is 0 Å². The molecular formula is C28H30F2N6O8Se. The third-order valence-electron chi connectivity index (χ3n) is 7.84. The molecule has 45 heavy (non-hydrogen) atoms. The van der Waals surface area contributed by atoms with Gasteiger partial charge in [0.25, 0.3) is 0 Å². The Morgan fingerprint density at radius 2 is 1.09 bits per heavy atom. The van der Waals surface area contributed by atoms with E-state index in [1.165, 1.54) is 58.2 Å². The number of aromatic nitrogens is 6. The standard InChI is InChI=1S/C28H30F2N6O8Se/c29-15-5-1-3-13(7-15)17-9-35(33-31-17)21-23(39)19(11-37)43-27(25(21)41)45-28-26(42)22(24(40)20(12-38)44-28)36-10-18(32-34-36)14-4-2-6-16(30)8-14/h1-10,19-28,37-42H,11-12H2. The van der Waals surface area contributed by atoms with Crippen molar-refractivity contribution in [2.45, 2.75) is 58.7 Å². The van der Waals surface area contributed by atoms with E-state index in [1.54, 1.807) is 12.1 Å². The number of nitrogens with zero attached hydrogens (tertiary/aromatic N) is 6. The van der Waals surface area contributed by atoms with Crippen molar-refractivity contribution in [3.8, 4) is 22.5 Å². The van der Waals surface area contributed by atoms with Gasteiger partial charge < -0.3 is 0 Å². The molecule has 0 spiro atoms. The zero-order chi connectivity index (χ0) is 31.8. The molecule has 0 aliphatic carbocycles. The van der Waals surface area contributed by atoms with E-state index in [4.69, 9.17) is 9.47 Å². The summed E-state index contributed by atoms with van der Waals surface area (Å²) in [6, 6.07) is 9.01. The van der Waals surface area contributed by atoms with Crippen molar-refractivity contribution in [2.24, 2.45) is 0 Å². The molecule has 0 amide bonds. The Hall–Kier alpha value is -3.22. The molecule has 2 aromatic carbocycles. The number of hydrogen-bond acceptors (Lipinski definition) is 12. The predicted molar refractivity (Wildman–Crippen MR) is 150 cm³/mol. The second-order valence-electron chi connectivity index (χ2n) is 10.7. The van der Waals surface area contributed by atoms with Crippen molar-refractivity contribution < 1.29 is 48.9 Å². The fourth-order valence-corrected chi connectivity index (χ4v) is 8.30. The fourth-order valence-electron chi connectivity index (χ4n) is 5.52. The van der Waals surface area contributed by atoms with E-state index in [-0.39, 0.29) is 11.4 Å². The summed E-state index contributed by atoms with van der Waals surface area (Å²) in [7, 11) is 0. The van der Waals surface area contributed by atoms with Crippen LogP contribution in [0.3, 0.4) is 0 Å². The summed E-state index contributed by atoms with van der Waals surface area (Å²) >= 11 is -0.964. The summed E-state index contributed by atoms with van der Waals surface area (Å²) in [4.78, 5) is 0. The predicted octanol–water partition coefficient (Wildman–Crippen LogP) is -1.15. The second kappa shape index (κ2) is 13.3. The van der Waals surface area contributed by atoms with E-state index < -0.39 is 98.5 Å². The van der Waals surface area contributed by atoms with Crippen LogP contribution in [0, 0.1) is 11.6 Å². The van der Waals surface area contributed by atoms with Crippen LogP contribution < -0.4 is 0 Å². The topological polar surface area (TPSA) is 201 Å². The monoisotopic (exact) mass is 696 g/mol. The minimum atomic E-state index is -1.44. The molecule has 4 aromatic rings. The molecule has 17 heteroatoms. The normalized spacial score (nSPS) is 32.1. The van der Waals surface area contributed by atoms with Gasteiger partial charge in [-0.2, -0.15) is 0 Å². The van der Waals surface area contributed by atoms with E-state index in [1.807, 2.05) is 0 Å². The van der Waals surface area contributed by atoms with Crippen LogP contribution in [-0.4, -0.2) is 135 Å². The molecule has 240 valence electrons. The number of benzene rings is 2. The van der Waals surface area contributed by atoms with E-state index in [9.17, 15) is 39.4 Å². The summed E-state index contributed by atoms with van der Waals surface area (Å²) in [6.45, 7) is -1.22. The summed E-state index contributed by atoms with van der Waals surface area (Å²) in [5, 5.41) is 78.8. The quantitative estimate of drug-likeness (QED) is 0.121. The van der Waals surface area contributed by atoms with Crippen molar-refractivity contribution in [1.29, 1.82) is 0 Å². The number of aliphatic hydroxyl groups is 6. The van der Waals surface area contributed by atoms with Crippen LogP contribution in [0.15, 0.2) is 60.9 Å². The van der Waals surface area contributed by atoms with Crippen LogP contribution in [-0.2, 0) is 9.47 Å². The van der Waals surface area contributed by atoms with Gasteiger partial charge in [0.1, 0.15) is 0 Å². The number of rotatable bonds is 8. The van der Waals surface area contributed by atoms with Crippen LogP contribution in [0.25, 0.3) is 22.5 Å². The van der Waals surface area contributed by atoms with E-state index >= 15 is 0 Å². The first kappa shape index (κ1) is 31.7. The van der Waals surface area contributed by atoms with Gasteiger partial charge in [-0.1, -0.05) is 0 Å². The van der Waals surface area contributed by atoms with Gasteiger partial charge in [0.05, 0.1) is 0 Å². The van der Waals surface area contributed by atoms with Crippen LogP contribution in [0.2, 0.25) is 0 Å². The van der Waals surface area contributed by atoms with Gasteiger partial charge in [-0.15, -0.1) is 0 Å². The molecule has 4 heterocycles. The first-order chi connectivity index (χ1) is 21.7. The molecule has 2 saturated heterocycles. The Morgan fingerprint density at radius 1 is 0.667 bits per heavy atom. The van der Waals surface area contributed by atoms with Crippen LogP contribution in [0.4, 0.5) is 8.78 Å². The molecule has 0 saturated carbocycles. The summed E-state index contributed by atoms with van der Waals surface area (Å²) in [6.07, 6.45) is -5.19. The van der Waals surface area contributed by atoms with Gasteiger partial charge >= 0.3 is 261 Å². The van der Waals surface area contributed by atoms with Crippen molar-refractivity contribution in [1.82, 2.24) is 30.0 Å². The second-order valence-corrected chi connectivity index (χ2v) is 13.2. The van der Waals surface area contributed by atoms with Crippen LogP contribution in [0.1, 0.15) is 12.1 Å². The average molecular weight is 696 g/mol. The average Bonchev–Trinajstić information content (AvgIpc) is 3.71. The van der Waals surface area contributed by atoms with Gasteiger partial charge in [0.15, 0.2) is 0 Å². The van der Waals surface area contributed by atoms with Gasteiger partial charge in [-0.3, -0.25) is 0 Å². The Balaban J connectivity index is 1.25. The summed E-state index contributed by atoms with van der Waals surface area (Å²) < 4.78 is 41.7. The number of ether oxygens (including phenoxy) is 2. The van der Waals surface area contributed by atoms with Gasteiger partial charge in [-0.05, 0) is 0 Å². The molecule has 2 aromatic heterocycles. The fraction of sp³-hybridized carbons (Fsp3) is 0.429. The molecule has 10 unspecified atom stereocenters. The molecular weight excluding hydrogens is 665 g/mol. The molecule has 2 fully saturated rings. The van der Waals surface area contributed by atoms with Gasteiger partial charge in [0.2, 0.25) is 0 Å². The minimum absolute atomic E-state index is 0.280. The molecule has 0 radical (unpaired) electrons. The first-order valence-corrected chi connectivity index (χ1v) is 15.9. The Bertz CT molecular complexity index is 1500. The third kappa shape index (κ3) is 6.29. The summed E-state index contributed by atoms with van der Waals surface area (Å²) in [5.74, 6) is -0.967. The molecule has 2 aliphatic rings.